The van der Waals surface area contributed by atoms with Gasteiger partial charge in [0.1, 0.15) is 0 Å². The van der Waals surface area contributed by atoms with Crippen molar-refractivity contribution >= 4 is 0 Å². The Balaban J connectivity index is 1.25. The summed E-state index contributed by atoms with van der Waals surface area (Å²) in [5.41, 5.74) is 24.8. The number of rotatable bonds is 7. The van der Waals surface area contributed by atoms with Crippen LogP contribution in [0.25, 0.3) is 66.8 Å². The first-order valence-electron chi connectivity index (χ1n) is 20.7. The molecule has 0 atom stereocenters. The summed E-state index contributed by atoms with van der Waals surface area (Å²) < 4.78 is 0. The lowest BCUT2D eigenvalue weighted by atomic mass is 9.66. The largest absolute Gasteiger partial charge is 0.0714 e. The molecular weight excluding hydrogens is 709 g/mol. The van der Waals surface area contributed by atoms with Crippen molar-refractivity contribution in [1.29, 1.82) is 0 Å². The Labute approximate surface area is 349 Å². The molecule has 1 aliphatic rings. The number of benzene rings is 9. The lowest BCUT2D eigenvalue weighted by molar-refractivity contribution is 0.769. The first-order chi connectivity index (χ1) is 28.9. The maximum Gasteiger partial charge on any atom is 0.0714 e. The molecule has 0 nitrogen and oxygen atoms in total. The van der Waals surface area contributed by atoms with Gasteiger partial charge in [-0.2, -0.15) is 0 Å². The summed E-state index contributed by atoms with van der Waals surface area (Å²) in [6.45, 7) is 9.04. The van der Waals surface area contributed by atoms with Gasteiger partial charge in [-0.15, -0.1) is 0 Å². The number of aryl methyl sites for hydroxylation is 4. The Morgan fingerprint density at radius 1 is 0.271 bits per heavy atom. The lowest BCUT2D eigenvalue weighted by Gasteiger charge is -2.35. The van der Waals surface area contributed by atoms with Gasteiger partial charge in [0.15, 0.2) is 0 Å². The molecule has 0 N–H and O–H groups in total. The van der Waals surface area contributed by atoms with E-state index >= 15 is 0 Å². The predicted octanol–water partition coefficient (Wildman–Crippen LogP) is 15.6. The van der Waals surface area contributed by atoms with Crippen molar-refractivity contribution in [2.45, 2.75) is 33.1 Å². The van der Waals surface area contributed by atoms with Crippen molar-refractivity contribution < 1.29 is 0 Å². The molecule has 0 heterocycles. The van der Waals surface area contributed by atoms with E-state index in [2.05, 4.69) is 234 Å². The fourth-order valence-corrected chi connectivity index (χ4v) is 10.1. The molecule has 0 saturated carbocycles. The van der Waals surface area contributed by atoms with E-state index in [0.717, 1.165) is 0 Å². The minimum atomic E-state index is -0.598. The molecule has 10 rings (SSSR count). The maximum absolute atomic E-state index is 2.46. The van der Waals surface area contributed by atoms with Gasteiger partial charge in [0.2, 0.25) is 0 Å². The average molecular weight is 755 g/mol. The van der Waals surface area contributed by atoms with Gasteiger partial charge < -0.3 is 0 Å². The van der Waals surface area contributed by atoms with E-state index in [-0.39, 0.29) is 0 Å². The topological polar surface area (TPSA) is 0 Å². The second kappa shape index (κ2) is 14.7. The Bertz CT molecular complexity index is 2870. The van der Waals surface area contributed by atoms with Gasteiger partial charge in [-0.25, -0.2) is 0 Å². The third kappa shape index (κ3) is 6.15. The third-order valence-electron chi connectivity index (χ3n) is 12.5. The van der Waals surface area contributed by atoms with Crippen LogP contribution < -0.4 is 0 Å². The highest BCUT2D eigenvalue weighted by Crippen LogP contribution is 2.60. The van der Waals surface area contributed by atoms with Gasteiger partial charge in [0.25, 0.3) is 0 Å². The molecule has 1 aliphatic carbocycles. The Hall–Kier alpha value is -7.02. The molecule has 9 aromatic rings. The van der Waals surface area contributed by atoms with Crippen molar-refractivity contribution in [3.8, 4) is 66.8 Å². The standard InChI is InChI=1S/C59H46/c1-39-33-41(3)56(42(4)34-39)53-30-16-32-55-58(53)57-40(2)17-11-31-54(57)59(55,51-28-14-26-49(37-51)47-24-12-22-45(35-47)43-18-7-5-8-19-43)52-29-15-27-50(38-52)48-25-13-23-46(36-48)44-20-9-6-10-21-44/h5-38H,1-4H3. The highest BCUT2D eigenvalue weighted by Gasteiger charge is 2.48. The zero-order valence-corrected chi connectivity index (χ0v) is 34.1. The van der Waals surface area contributed by atoms with E-state index in [9.17, 15) is 0 Å². The SMILES string of the molecule is Cc1cc(C)c(-c2cccc3c2-c2c(C)cccc2C3(c2cccc(-c3cccc(-c4ccccc4)c3)c2)c2cccc(-c3cccc(-c4ccccc4)c3)c2)c(C)c1. The maximum atomic E-state index is 2.46. The van der Waals surface area contributed by atoms with Gasteiger partial charge in [-0.1, -0.05) is 188 Å². The predicted molar refractivity (Wildman–Crippen MR) is 250 cm³/mol. The summed E-state index contributed by atoms with van der Waals surface area (Å²) in [6.07, 6.45) is 0. The minimum Gasteiger partial charge on any atom is -0.0622 e. The molecule has 0 bridgehead atoms. The first-order valence-corrected chi connectivity index (χ1v) is 20.7. The van der Waals surface area contributed by atoms with E-state index in [4.69, 9.17) is 0 Å². The summed E-state index contributed by atoms with van der Waals surface area (Å²) in [5.74, 6) is 0. The van der Waals surface area contributed by atoms with Crippen LogP contribution in [-0.4, -0.2) is 0 Å². The van der Waals surface area contributed by atoms with Crippen LogP contribution in [0, 0.1) is 27.7 Å². The van der Waals surface area contributed by atoms with E-state index in [1.807, 2.05) is 0 Å². The molecule has 0 aliphatic heterocycles. The van der Waals surface area contributed by atoms with E-state index in [1.54, 1.807) is 0 Å². The lowest BCUT2D eigenvalue weighted by Crippen LogP contribution is -2.28. The summed E-state index contributed by atoms with van der Waals surface area (Å²) in [7, 11) is 0. The van der Waals surface area contributed by atoms with Crippen LogP contribution in [0.1, 0.15) is 44.5 Å². The third-order valence-corrected chi connectivity index (χ3v) is 12.5. The zero-order chi connectivity index (χ0) is 40.1. The zero-order valence-electron chi connectivity index (χ0n) is 34.1. The Morgan fingerprint density at radius 2 is 0.661 bits per heavy atom. The number of fused-ring (bicyclic) bond motifs is 3. The molecule has 0 amide bonds. The molecule has 0 spiro atoms. The highest BCUT2D eigenvalue weighted by molar-refractivity contribution is 5.98. The summed E-state index contributed by atoms with van der Waals surface area (Å²) >= 11 is 0. The Morgan fingerprint density at radius 3 is 1.17 bits per heavy atom. The van der Waals surface area contributed by atoms with Crippen LogP contribution >= 0.6 is 0 Å². The van der Waals surface area contributed by atoms with Gasteiger partial charge in [0, 0.05) is 0 Å². The van der Waals surface area contributed by atoms with Crippen molar-refractivity contribution in [3.63, 3.8) is 0 Å². The molecule has 0 saturated heterocycles. The van der Waals surface area contributed by atoms with Crippen molar-refractivity contribution in [1.82, 2.24) is 0 Å². The summed E-state index contributed by atoms with van der Waals surface area (Å²) in [6, 6.07) is 76.8. The fraction of sp³-hybridized carbons (Fsp3) is 0.0847. The Kier molecular flexibility index (Phi) is 9.07. The van der Waals surface area contributed by atoms with E-state index in [0.29, 0.717) is 0 Å². The van der Waals surface area contributed by atoms with Gasteiger partial charge >= 0.3 is 0 Å². The van der Waals surface area contributed by atoms with Crippen LogP contribution in [0.5, 0.6) is 0 Å². The van der Waals surface area contributed by atoms with E-state index < -0.39 is 5.41 Å². The monoisotopic (exact) mass is 754 g/mol. The van der Waals surface area contributed by atoms with Crippen molar-refractivity contribution in [2.75, 3.05) is 0 Å². The van der Waals surface area contributed by atoms with Crippen LogP contribution in [0.15, 0.2) is 206 Å². The molecular formula is C59H46. The molecule has 0 heteroatoms. The smallest absolute Gasteiger partial charge is 0.0622 e. The van der Waals surface area contributed by atoms with Crippen LogP contribution in [-0.2, 0) is 5.41 Å². The van der Waals surface area contributed by atoms with Crippen LogP contribution in [0.2, 0.25) is 0 Å². The highest BCUT2D eigenvalue weighted by atomic mass is 14.5. The fourth-order valence-electron chi connectivity index (χ4n) is 10.1. The molecule has 59 heavy (non-hydrogen) atoms. The molecule has 0 radical (unpaired) electrons. The minimum absolute atomic E-state index is 0.598. The number of hydrogen-bond acceptors (Lipinski definition) is 0. The molecule has 9 aromatic carbocycles. The van der Waals surface area contributed by atoms with Crippen LogP contribution in [0.4, 0.5) is 0 Å². The van der Waals surface area contributed by atoms with Gasteiger partial charge in [-0.05, 0) is 158 Å². The first kappa shape index (κ1) is 36.3. The second-order valence-electron chi connectivity index (χ2n) is 16.3. The normalized spacial score (nSPS) is 12.5. The number of hydrogen-bond donors (Lipinski definition) is 0. The molecule has 0 aromatic heterocycles. The summed E-state index contributed by atoms with van der Waals surface area (Å²) in [5, 5.41) is 0. The van der Waals surface area contributed by atoms with Crippen molar-refractivity contribution in [2.24, 2.45) is 0 Å². The average Bonchev–Trinajstić information content (AvgIpc) is 3.60. The molecule has 282 valence electrons. The van der Waals surface area contributed by atoms with Gasteiger partial charge in [0.05, 0.1) is 5.41 Å². The van der Waals surface area contributed by atoms with Gasteiger partial charge in [-0.3, -0.25) is 0 Å². The summed E-state index contributed by atoms with van der Waals surface area (Å²) in [4.78, 5) is 0. The van der Waals surface area contributed by atoms with Crippen molar-refractivity contribution in [3.05, 3.63) is 251 Å². The van der Waals surface area contributed by atoms with E-state index in [1.165, 1.54) is 111 Å². The quantitative estimate of drug-likeness (QED) is 0.152. The molecule has 0 unspecified atom stereocenters. The van der Waals surface area contributed by atoms with Crippen LogP contribution in [0.3, 0.4) is 0 Å². The molecule has 0 fully saturated rings. The second-order valence-corrected chi connectivity index (χ2v) is 16.3.